The summed E-state index contributed by atoms with van der Waals surface area (Å²) < 4.78 is 29.6. The molecule has 2 heterocycles. The van der Waals surface area contributed by atoms with E-state index in [2.05, 4.69) is 21.4 Å². The molecule has 0 radical (unpaired) electrons. The topological polar surface area (TPSA) is 142 Å². The molecule has 1 aliphatic heterocycles. The summed E-state index contributed by atoms with van der Waals surface area (Å²) in [6.45, 7) is 3.73. The number of para-hydroxylation sites is 1. The molecule has 0 spiro atoms. The summed E-state index contributed by atoms with van der Waals surface area (Å²) in [5, 5.41) is 12.4. The lowest BCUT2D eigenvalue weighted by atomic mass is 10.1. The zero-order valence-electron chi connectivity index (χ0n) is 25.4. The van der Waals surface area contributed by atoms with Gasteiger partial charge in [-0.2, -0.15) is 15.2 Å². The monoisotopic (exact) mass is 628 g/mol. The first-order valence-corrected chi connectivity index (χ1v) is 14.7. The fourth-order valence-corrected chi connectivity index (χ4v) is 4.77. The average Bonchev–Trinajstić information content (AvgIpc) is 3.07. The van der Waals surface area contributed by atoms with Gasteiger partial charge in [-0.3, -0.25) is 4.79 Å². The molecule has 1 N–H and O–H groups in total. The molecule has 11 heteroatoms. The molecule has 0 bridgehead atoms. The molecule has 1 amide bonds. The summed E-state index contributed by atoms with van der Waals surface area (Å²) in [5.41, 5.74) is 2.29. The minimum Gasteiger partial charge on any atom is -0.462 e. The molecule has 4 aromatic carbocycles. The van der Waals surface area contributed by atoms with Gasteiger partial charge in [-0.15, -0.1) is 0 Å². The zero-order chi connectivity index (χ0) is 32.8. The van der Waals surface area contributed by atoms with Gasteiger partial charge in [0.15, 0.2) is 23.3 Å². The van der Waals surface area contributed by atoms with Gasteiger partial charge in [0.1, 0.15) is 11.5 Å². The Morgan fingerprint density at radius 1 is 0.894 bits per heavy atom. The summed E-state index contributed by atoms with van der Waals surface area (Å²) in [7, 11) is 0. The quantitative estimate of drug-likeness (QED) is 0.158. The molecule has 234 valence electrons. The Morgan fingerprint density at radius 3 is 2.40 bits per heavy atom. The number of anilines is 1. The number of nitriles is 1. The van der Waals surface area contributed by atoms with E-state index >= 15 is 0 Å². The summed E-state index contributed by atoms with van der Waals surface area (Å²) >= 11 is 0. The summed E-state index contributed by atoms with van der Waals surface area (Å²) in [4.78, 5) is 34.6. The van der Waals surface area contributed by atoms with Crippen molar-refractivity contribution in [1.82, 2.24) is 9.97 Å². The molecule has 1 atom stereocenters. The summed E-state index contributed by atoms with van der Waals surface area (Å²) in [5.74, 6) is 0.222. The Labute approximate surface area is 270 Å². The number of carbonyl (C=O) groups is 2. The normalized spacial score (nSPS) is 13.3. The molecule has 47 heavy (non-hydrogen) atoms. The molecule has 6 rings (SSSR count). The van der Waals surface area contributed by atoms with E-state index in [9.17, 15) is 14.9 Å². The highest BCUT2D eigenvalue weighted by molar-refractivity contribution is 5.98. The number of fused-ring (bicyclic) bond motifs is 1. The Bertz CT molecular complexity index is 1980. The van der Waals surface area contributed by atoms with Crippen LogP contribution in [0.2, 0.25) is 0 Å². The van der Waals surface area contributed by atoms with Gasteiger partial charge in [-0.25, -0.2) is 4.79 Å². The van der Waals surface area contributed by atoms with Crippen molar-refractivity contribution in [1.29, 1.82) is 5.26 Å². The number of aromatic nitrogens is 2. The van der Waals surface area contributed by atoms with E-state index in [4.69, 9.17) is 23.7 Å². The van der Waals surface area contributed by atoms with Crippen molar-refractivity contribution in [2.45, 2.75) is 26.4 Å². The minimum absolute atomic E-state index is 0.00534. The van der Waals surface area contributed by atoms with Gasteiger partial charge in [0.2, 0.25) is 5.88 Å². The SMILES string of the molecule is CCOC(=O)c1cc(C)cc(Oc2nc(Oc3cc(C#N)ccc3Oc3ccccc3)nc3c2NC(=O)C(Cc2ccccc2)O3)c1. The molecule has 5 aromatic rings. The molecular formula is C36H28N4O7. The standard InChI is InChI=1S/C36H28N4O7/c1-3-43-35(42)25-16-22(2)17-27(20-25)45-33-31-34(46-30(32(41)38-31)18-23-10-6-4-7-11-23)40-36(39-33)47-29-19-24(21-37)14-15-28(29)44-26-12-8-5-9-13-26/h4-17,19-20,30H,3,18H2,1-2H3,(H,38,41). The van der Waals surface area contributed by atoms with Gasteiger partial charge in [0.05, 0.1) is 23.8 Å². The molecule has 11 nitrogen and oxygen atoms in total. The number of nitrogens with one attached hydrogen (secondary N) is 1. The Balaban J connectivity index is 1.39. The number of rotatable bonds is 10. The smallest absolute Gasteiger partial charge is 0.338 e. The van der Waals surface area contributed by atoms with Crippen molar-refractivity contribution in [3.63, 3.8) is 0 Å². The van der Waals surface area contributed by atoms with Crippen molar-refractivity contribution in [3.05, 3.63) is 119 Å². The third kappa shape index (κ3) is 7.29. The van der Waals surface area contributed by atoms with E-state index in [0.717, 1.165) is 11.1 Å². The number of carbonyl (C=O) groups excluding carboxylic acids is 2. The minimum atomic E-state index is -0.909. The van der Waals surface area contributed by atoms with Crippen LogP contribution < -0.4 is 24.3 Å². The van der Waals surface area contributed by atoms with E-state index < -0.39 is 18.0 Å². The number of amides is 1. The second-order valence-corrected chi connectivity index (χ2v) is 10.4. The maximum atomic E-state index is 13.2. The first kappa shape index (κ1) is 30.6. The lowest BCUT2D eigenvalue weighted by Crippen LogP contribution is -2.39. The molecular weight excluding hydrogens is 600 g/mol. The summed E-state index contributed by atoms with van der Waals surface area (Å²) in [6.07, 6.45) is -0.628. The zero-order valence-corrected chi connectivity index (χ0v) is 25.4. The second-order valence-electron chi connectivity index (χ2n) is 10.4. The van der Waals surface area contributed by atoms with Crippen molar-refractivity contribution in [2.24, 2.45) is 0 Å². The molecule has 1 aliphatic rings. The van der Waals surface area contributed by atoms with Gasteiger partial charge >= 0.3 is 12.0 Å². The third-order valence-electron chi connectivity index (χ3n) is 6.90. The average molecular weight is 629 g/mol. The summed E-state index contributed by atoms with van der Waals surface area (Å²) in [6, 6.07) is 29.9. The maximum Gasteiger partial charge on any atom is 0.338 e. The molecule has 1 unspecified atom stereocenters. The van der Waals surface area contributed by atoms with Crippen LogP contribution in [0.1, 0.15) is 34.0 Å². The predicted molar refractivity (Wildman–Crippen MR) is 170 cm³/mol. The van der Waals surface area contributed by atoms with E-state index in [1.807, 2.05) is 48.5 Å². The van der Waals surface area contributed by atoms with Crippen LogP contribution in [0.4, 0.5) is 5.69 Å². The Kier molecular flexibility index (Phi) is 8.93. The lowest BCUT2D eigenvalue weighted by Gasteiger charge is -2.26. The van der Waals surface area contributed by atoms with Crippen molar-refractivity contribution < 1.29 is 33.3 Å². The van der Waals surface area contributed by atoms with Crippen LogP contribution >= 0.6 is 0 Å². The number of nitrogens with zero attached hydrogens (tertiary/aromatic N) is 3. The first-order valence-electron chi connectivity index (χ1n) is 14.7. The van der Waals surface area contributed by atoms with Crippen LogP contribution in [0.15, 0.2) is 97.1 Å². The van der Waals surface area contributed by atoms with Crippen molar-refractivity contribution in [3.8, 4) is 46.8 Å². The molecule has 0 saturated carbocycles. The number of ether oxygens (including phenoxy) is 5. The Hall–Kier alpha value is -6.41. The van der Waals surface area contributed by atoms with Gasteiger partial charge in [0, 0.05) is 12.5 Å². The van der Waals surface area contributed by atoms with Gasteiger partial charge in [-0.05, 0) is 67.4 Å². The van der Waals surface area contributed by atoms with Crippen LogP contribution in [0.5, 0.6) is 40.8 Å². The van der Waals surface area contributed by atoms with E-state index in [1.54, 1.807) is 50.2 Å². The third-order valence-corrected chi connectivity index (χ3v) is 6.90. The van der Waals surface area contributed by atoms with Crippen LogP contribution in [0.3, 0.4) is 0 Å². The van der Waals surface area contributed by atoms with E-state index in [0.29, 0.717) is 17.1 Å². The predicted octanol–water partition coefficient (Wildman–Crippen LogP) is 7.15. The maximum absolute atomic E-state index is 13.2. The highest BCUT2D eigenvalue weighted by Crippen LogP contribution is 2.42. The van der Waals surface area contributed by atoms with E-state index in [-0.39, 0.29) is 53.5 Å². The van der Waals surface area contributed by atoms with Gasteiger partial charge < -0.3 is 29.0 Å². The van der Waals surface area contributed by atoms with Crippen molar-refractivity contribution >= 4 is 17.6 Å². The number of hydrogen-bond acceptors (Lipinski definition) is 10. The lowest BCUT2D eigenvalue weighted by molar-refractivity contribution is -0.123. The van der Waals surface area contributed by atoms with Crippen LogP contribution in [-0.4, -0.2) is 34.6 Å². The molecule has 1 aromatic heterocycles. The highest BCUT2D eigenvalue weighted by Gasteiger charge is 2.33. The number of esters is 1. The molecule has 0 aliphatic carbocycles. The highest BCUT2D eigenvalue weighted by atomic mass is 16.5. The molecule has 0 saturated heterocycles. The van der Waals surface area contributed by atoms with Crippen molar-refractivity contribution in [2.75, 3.05) is 11.9 Å². The largest absolute Gasteiger partial charge is 0.462 e. The number of aryl methyl sites for hydroxylation is 1. The van der Waals surface area contributed by atoms with Gasteiger partial charge in [-0.1, -0.05) is 48.5 Å². The van der Waals surface area contributed by atoms with Crippen LogP contribution in [0.25, 0.3) is 0 Å². The molecule has 0 fully saturated rings. The fraction of sp³-hybridized carbons (Fsp3) is 0.139. The number of benzene rings is 4. The second kappa shape index (κ2) is 13.7. The van der Waals surface area contributed by atoms with Gasteiger partial charge in [0.25, 0.3) is 11.8 Å². The number of hydrogen-bond donors (Lipinski definition) is 1. The van der Waals surface area contributed by atoms with Crippen LogP contribution in [-0.2, 0) is 16.0 Å². The first-order chi connectivity index (χ1) is 22.9. The fourth-order valence-electron chi connectivity index (χ4n) is 4.77. The van der Waals surface area contributed by atoms with E-state index in [1.165, 1.54) is 12.1 Å². The Morgan fingerprint density at radius 2 is 1.66 bits per heavy atom. The van der Waals surface area contributed by atoms with Crippen LogP contribution in [0, 0.1) is 18.3 Å².